The van der Waals surface area contributed by atoms with Gasteiger partial charge in [-0.1, -0.05) is 13.8 Å². The van der Waals surface area contributed by atoms with Crippen molar-refractivity contribution in [1.82, 2.24) is 15.2 Å². The molecule has 224 valence electrons. The number of aromatic nitrogens is 1. The molecule has 2 aromatic rings. The Morgan fingerprint density at radius 1 is 1.20 bits per heavy atom. The zero-order chi connectivity index (χ0) is 30.4. The van der Waals surface area contributed by atoms with Crippen molar-refractivity contribution in [2.24, 2.45) is 5.41 Å². The number of pyridine rings is 1. The van der Waals surface area contributed by atoms with E-state index in [1.54, 1.807) is 32.3 Å². The largest absolute Gasteiger partial charge is 0.492 e. The third-order valence-electron chi connectivity index (χ3n) is 7.56. The first-order chi connectivity index (χ1) is 19.0. The van der Waals surface area contributed by atoms with Gasteiger partial charge in [0.15, 0.2) is 11.6 Å². The number of carbonyl (C=O) groups is 3. The third kappa shape index (κ3) is 6.25. The number of carboxylic acids is 1. The van der Waals surface area contributed by atoms with Crippen LogP contribution in [0.5, 0.6) is 5.75 Å². The van der Waals surface area contributed by atoms with Crippen molar-refractivity contribution in [1.29, 1.82) is 0 Å². The van der Waals surface area contributed by atoms with Gasteiger partial charge in [-0.2, -0.15) is 0 Å². The number of aromatic carboxylic acids is 1. The predicted molar refractivity (Wildman–Crippen MR) is 151 cm³/mol. The van der Waals surface area contributed by atoms with E-state index in [0.717, 1.165) is 18.9 Å². The van der Waals surface area contributed by atoms with Gasteiger partial charge in [-0.15, -0.1) is 0 Å². The molecule has 1 saturated heterocycles. The van der Waals surface area contributed by atoms with Gasteiger partial charge in [0.1, 0.15) is 22.9 Å². The highest BCUT2D eigenvalue weighted by molar-refractivity contribution is 5.97. The summed E-state index contributed by atoms with van der Waals surface area (Å²) >= 11 is 0. The summed E-state index contributed by atoms with van der Waals surface area (Å²) in [7, 11) is 1.40. The van der Waals surface area contributed by atoms with Gasteiger partial charge >= 0.3 is 12.1 Å². The Morgan fingerprint density at radius 2 is 1.85 bits per heavy atom. The minimum atomic E-state index is -1.36. The maximum absolute atomic E-state index is 15.8. The number of carboxylic acid groups (broad SMARTS) is 1. The lowest BCUT2D eigenvalue weighted by Crippen LogP contribution is -2.58. The van der Waals surface area contributed by atoms with Crippen molar-refractivity contribution >= 4 is 34.6 Å². The molecule has 2 aliphatic rings. The number of nitrogens with zero attached hydrogens (tertiary/aromatic N) is 2. The van der Waals surface area contributed by atoms with Crippen molar-refractivity contribution in [3.05, 3.63) is 33.9 Å². The molecule has 2 atom stereocenters. The maximum atomic E-state index is 15.8. The zero-order valence-corrected chi connectivity index (χ0v) is 24.6. The van der Waals surface area contributed by atoms with Gasteiger partial charge in [-0.05, 0) is 53.0 Å². The van der Waals surface area contributed by atoms with Crippen LogP contribution < -0.4 is 25.7 Å². The van der Waals surface area contributed by atoms with Crippen molar-refractivity contribution in [2.75, 3.05) is 25.1 Å². The molecule has 2 amide bonds. The van der Waals surface area contributed by atoms with Crippen LogP contribution in [0, 0.1) is 11.2 Å². The van der Waals surface area contributed by atoms with E-state index in [9.17, 15) is 24.3 Å². The first kappa shape index (κ1) is 30.1. The molecule has 11 nitrogen and oxygen atoms in total. The van der Waals surface area contributed by atoms with Gasteiger partial charge in [0.05, 0.1) is 18.0 Å². The SMILES string of the molecule is COc1c(N2CCC(NC(=O)[C@H](C)NC(=O)OC(C)(C)C)C(C)(C)C2)c(F)cc2c(=O)c(C(=O)O)cn(C3CC3)c12. The summed E-state index contributed by atoms with van der Waals surface area (Å²) in [6, 6.07) is 0.00110. The lowest BCUT2D eigenvalue weighted by Gasteiger charge is -2.46. The summed E-state index contributed by atoms with van der Waals surface area (Å²) in [6.45, 7) is 11.4. The fourth-order valence-corrected chi connectivity index (χ4v) is 5.39. The van der Waals surface area contributed by atoms with Gasteiger partial charge in [0.2, 0.25) is 11.3 Å². The molecule has 1 saturated carbocycles. The second-order valence-electron chi connectivity index (χ2n) is 12.6. The Kier molecular flexibility index (Phi) is 7.99. The first-order valence-electron chi connectivity index (χ1n) is 13.8. The second kappa shape index (κ2) is 10.9. The highest BCUT2D eigenvalue weighted by atomic mass is 19.1. The van der Waals surface area contributed by atoms with E-state index in [1.165, 1.54) is 13.3 Å². The van der Waals surface area contributed by atoms with E-state index >= 15 is 4.39 Å². The number of alkyl carbamates (subject to hydrolysis) is 1. The number of carbonyl (C=O) groups excluding carboxylic acids is 2. The number of ether oxygens (including phenoxy) is 2. The lowest BCUT2D eigenvalue weighted by atomic mass is 9.78. The van der Waals surface area contributed by atoms with Crippen LogP contribution in [0.3, 0.4) is 0 Å². The fraction of sp³-hybridized carbons (Fsp3) is 0.586. The molecule has 0 spiro atoms. The number of hydrogen-bond donors (Lipinski definition) is 3. The number of halogens is 1. The lowest BCUT2D eigenvalue weighted by molar-refractivity contribution is -0.124. The van der Waals surface area contributed by atoms with Gasteiger partial charge < -0.3 is 34.7 Å². The van der Waals surface area contributed by atoms with Crippen LogP contribution in [0.25, 0.3) is 10.9 Å². The number of methoxy groups -OCH3 is 1. The highest BCUT2D eigenvalue weighted by Gasteiger charge is 2.40. The molecular formula is C29H39FN4O7. The van der Waals surface area contributed by atoms with E-state index in [2.05, 4.69) is 10.6 Å². The highest BCUT2D eigenvalue weighted by Crippen LogP contribution is 2.45. The minimum absolute atomic E-state index is 0.00270. The maximum Gasteiger partial charge on any atom is 0.408 e. The van der Waals surface area contributed by atoms with Gasteiger partial charge in [-0.3, -0.25) is 9.59 Å². The summed E-state index contributed by atoms with van der Waals surface area (Å²) in [4.78, 5) is 51.6. The monoisotopic (exact) mass is 574 g/mol. The van der Waals surface area contributed by atoms with Crippen molar-refractivity contribution in [3.8, 4) is 5.75 Å². The molecule has 3 N–H and O–H groups in total. The molecule has 4 rings (SSSR count). The van der Waals surface area contributed by atoms with Crippen molar-refractivity contribution in [2.45, 2.75) is 84.5 Å². The standard InChI is InChI=1S/C29H39FN4O7/c1-15(31-27(39)41-28(2,3)4)25(36)32-20-10-11-33(14-29(20,5)6)22-19(30)12-17-21(24(22)40-7)34(16-8-9-16)13-18(23(17)35)26(37)38/h12-13,15-16,20H,8-11,14H2,1-7H3,(H,31,39)(H,32,36)(H,37,38)/t15-,20?/m0/s1. The Morgan fingerprint density at radius 3 is 2.39 bits per heavy atom. The predicted octanol–water partition coefficient (Wildman–Crippen LogP) is 3.82. The molecule has 1 aromatic heterocycles. The van der Waals surface area contributed by atoms with E-state index in [0.29, 0.717) is 25.0 Å². The molecule has 0 radical (unpaired) electrons. The molecule has 41 heavy (non-hydrogen) atoms. The number of piperidine rings is 1. The van der Waals surface area contributed by atoms with Crippen LogP contribution in [0.2, 0.25) is 0 Å². The molecule has 2 fully saturated rings. The molecule has 0 bridgehead atoms. The van der Waals surface area contributed by atoms with Crippen LogP contribution >= 0.6 is 0 Å². The van der Waals surface area contributed by atoms with Gasteiger partial charge in [0, 0.05) is 36.8 Å². The Bertz CT molecular complexity index is 1440. The summed E-state index contributed by atoms with van der Waals surface area (Å²) in [5, 5.41) is 15.1. The molecule has 1 aliphatic carbocycles. The second-order valence-corrected chi connectivity index (χ2v) is 12.6. The average Bonchev–Trinajstić information content (AvgIpc) is 3.68. The van der Waals surface area contributed by atoms with Crippen LogP contribution in [0.1, 0.15) is 77.2 Å². The minimum Gasteiger partial charge on any atom is -0.492 e. The number of amides is 2. The van der Waals surface area contributed by atoms with Crippen molar-refractivity contribution < 1.29 is 33.4 Å². The van der Waals surface area contributed by atoms with E-state index in [1.807, 2.05) is 18.7 Å². The quantitative estimate of drug-likeness (QED) is 0.454. The summed E-state index contributed by atoms with van der Waals surface area (Å²) < 4.78 is 28.5. The number of hydrogen-bond acceptors (Lipinski definition) is 7. The number of fused-ring (bicyclic) bond motifs is 1. The van der Waals surface area contributed by atoms with Crippen LogP contribution in [-0.4, -0.2) is 65.5 Å². The van der Waals surface area contributed by atoms with Gasteiger partial charge in [0.25, 0.3) is 0 Å². The van der Waals surface area contributed by atoms with Crippen LogP contribution in [-0.2, 0) is 9.53 Å². The summed E-state index contributed by atoms with van der Waals surface area (Å²) in [5.41, 5.74) is -1.82. The Hall–Kier alpha value is -3.83. The first-order valence-corrected chi connectivity index (χ1v) is 13.8. The number of rotatable bonds is 7. The van der Waals surface area contributed by atoms with Crippen LogP contribution in [0.4, 0.5) is 14.9 Å². The molecule has 12 heteroatoms. The molecule has 1 aliphatic heterocycles. The zero-order valence-electron chi connectivity index (χ0n) is 24.6. The number of anilines is 1. The topological polar surface area (TPSA) is 139 Å². The van der Waals surface area contributed by atoms with E-state index in [-0.39, 0.29) is 34.8 Å². The smallest absolute Gasteiger partial charge is 0.408 e. The fourth-order valence-electron chi connectivity index (χ4n) is 5.39. The van der Waals surface area contributed by atoms with Gasteiger partial charge in [-0.25, -0.2) is 14.0 Å². The number of nitrogens with one attached hydrogen (secondary N) is 2. The number of benzene rings is 1. The summed E-state index contributed by atoms with van der Waals surface area (Å²) in [5.74, 6) is -2.24. The molecular weight excluding hydrogens is 535 g/mol. The van der Waals surface area contributed by atoms with Crippen molar-refractivity contribution in [3.63, 3.8) is 0 Å². The molecule has 2 heterocycles. The average molecular weight is 575 g/mol. The van der Waals surface area contributed by atoms with E-state index in [4.69, 9.17) is 9.47 Å². The Balaban J connectivity index is 1.60. The molecule has 1 aromatic carbocycles. The Labute approximate surface area is 238 Å². The molecule has 1 unspecified atom stereocenters. The summed E-state index contributed by atoms with van der Waals surface area (Å²) in [6.07, 6.45) is 2.74. The third-order valence-corrected chi connectivity index (χ3v) is 7.56. The van der Waals surface area contributed by atoms with E-state index < -0.39 is 45.9 Å². The van der Waals surface area contributed by atoms with Crippen LogP contribution in [0.15, 0.2) is 17.1 Å². The normalized spacial score (nSPS) is 19.4.